The zero-order chi connectivity index (χ0) is 14.2. The van der Waals surface area contributed by atoms with Gasteiger partial charge in [0.15, 0.2) is 0 Å². The number of hydrogen-bond donors (Lipinski definition) is 2. The average Bonchev–Trinajstić information content (AvgIpc) is 3.24. The van der Waals surface area contributed by atoms with Crippen LogP contribution in [0.5, 0.6) is 0 Å². The minimum absolute atomic E-state index is 0.0431. The number of pyridine rings is 1. The first kappa shape index (κ1) is 13.0. The average molecular weight is 299 g/mol. The van der Waals surface area contributed by atoms with Gasteiger partial charge in [0.1, 0.15) is 0 Å². The van der Waals surface area contributed by atoms with Crippen molar-refractivity contribution in [1.29, 1.82) is 0 Å². The van der Waals surface area contributed by atoms with Crippen molar-refractivity contribution in [3.63, 3.8) is 0 Å². The number of thiophene rings is 1. The first-order valence-corrected chi connectivity index (χ1v) is 8.19. The maximum Gasteiger partial charge on any atom is 0.261 e. The molecule has 5 heteroatoms. The molecule has 4 rings (SSSR count). The Bertz CT molecular complexity index is 655. The Morgan fingerprint density at radius 2 is 2.24 bits per heavy atom. The number of aromatic nitrogens is 1. The van der Waals surface area contributed by atoms with Crippen LogP contribution < -0.4 is 10.6 Å². The fraction of sp³-hybridized carbons (Fsp3) is 0.375. The molecule has 2 bridgehead atoms. The Morgan fingerprint density at radius 1 is 1.29 bits per heavy atom. The van der Waals surface area contributed by atoms with E-state index in [9.17, 15) is 4.79 Å². The Labute approximate surface area is 127 Å². The summed E-state index contributed by atoms with van der Waals surface area (Å²) in [5.74, 6) is 0.0431. The molecule has 108 valence electrons. The smallest absolute Gasteiger partial charge is 0.261 e. The molecule has 0 saturated carbocycles. The van der Waals surface area contributed by atoms with Crippen molar-refractivity contribution in [3.8, 4) is 10.6 Å². The summed E-state index contributed by atoms with van der Waals surface area (Å²) in [4.78, 5) is 18.5. The van der Waals surface area contributed by atoms with Crippen LogP contribution in [-0.4, -0.2) is 29.0 Å². The summed E-state index contributed by atoms with van der Waals surface area (Å²) in [6, 6.07) is 11.0. The van der Waals surface area contributed by atoms with E-state index < -0.39 is 0 Å². The Kier molecular flexibility index (Phi) is 3.24. The van der Waals surface area contributed by atoms with Crippen molar-refractivity contribution in [2.75, 3.05) is 0 Å². The topological polar surface area (TPSA) is 54.0 Å². The van der Waals surface area contributed by atoms with Crippen LogP contribution in [0, 0.1) is 0 Å². The van der Waals surface area contributed by atoms with Crippen LogP contribution in [0.25, 0.3) is 10.6 Å². The first-order chi connectivity index (χ1) is 10.3. The van der Waals surface area contributed by atoms with Crippen LogP contribution in [0.2, 0.25) is 0 Å². The molecule has 21 heavy (non-hydrogen) atoms. The SMILES string of the molecule is O=C(NC1CC2CCC1N2)c1ccc(-c2ccccn2)s1. The number of carbonyl (C=O) groups is 1. The Hall–Kier alpha value is -1.72. The molecule has 2 fully saturated rings. The Morgan fingerprint density at radius 3 is 2.95 bits per heavy atom. The van der Waals surface area contributed by atoms with Crippen LogP contribution in [0.4, 0.5) is 0 Å². The van der Waals surface area contributed by atoms with Crippen molar-refractivity contribution in [2.24, 2.45) is 0 Å². The normalized spacial score (nSPS) is 27.0. The summed E-state index contributed by atoms with van der Waals surface area (Å²) in [6.45, 7) is 0. The van der Waals surface area contributed by atoms with Crippen LogP contribution in [0.3, 0.4) is 0 Å². The van der Waals surface area contributed by atoms with Gasteiger partial charge in [-0.3, -0.25) is 9.78 Å². The van der Waals surface area contributed by atoms with Gasteiger partial charge in [-0.25, -0.2) is 0 Å². The summed E-state index contributed by atoms with van der Waals surface area (Å²) >= 11 is 1.50. The van der Waals surface area contributed by atoms with Gasteiger partial charge in [-0.1, -0.05) is 6.07 Å². The molecule has 0 radical (unpaired) electrons. The molecule has 4 heterocycles. The molecule has 2 aliphatic rings. The van der Waals surface area contributed by atoms with Crippen molar-refractivity contribution < 1.29 is 4.79 Å². The lowest BCUT2D eigenvalue weighted by Crippen LogP contribution is -2.42. The maximum atomic E-state index is 12.4. The minimum atomic E-state index is 0.0431. The molecular weight excluding hydrogens is 282 g/mol. The van der Waals surface area contributed by atoms with Crippen molar-refractivity contribution in [1.82, 2.24) is 15.6 Å². The van der Waals surface area contributed by atoms with Crippen LogP contribution in [0.15, 0.2) is 36.5 Å². The van der Waals surface area contributed by atoms with Crippen LogP contribution in [0.1, 0.15) is 28.9 Å². The summed E-state index contributed by atoms with van der Waals surface area (Å²) < 4.78 is 0. The van der Waals surface area contributed by atoms with Crippen molar-refractivity contribution >= 4 is 17.2 Å². The van der Waals surface area contributed by atoms with E-state index in [2.05, 4.69) is 15.6 Å². The van der Waals surface area contributed by atoms with E-state index in [1.807, 2.05) is 30.3 Å². The van der Waals surface area contributed by atoms with Gasteiger partial charge in [-0.05, 0) is 43.5 Å². The highest BCUT2D eigenvalue weighted by molar-refractivity contribution is 7.17. The molecule has 0 aliphatic carbocycles. The quantitative estimate of drug-likeness (QED) is 0.915. The second-order valence-corrected chi connectivity index (χ2v) is 6.83. The lowest BCUT2D eigenvalue weighted by atomic mass is 9.95. The van der Waals surface area contributed by atoms with E-state index >= 15 is 0 Å². The predicted octanol–water partition coefficient (Wildman–Crippen LogP) is 2.43. The van der Waals surface area contributed by atoms with Gasteiger partial charge in [0.05, 0.1) is 15.4 Å². The number of amides is 1. The number of hydrogen-bond acceptors (Lipinski definition) is 4. The molecule has 3 atom stereocenters. The zero-order valence-electron chi connectivity index (χ0n) is 11.6. The largest absolute Gasteiger partial charge is 0.347 e. The van der Waals surface area contributed by atoms with Crippen LogP contribution >= 0.6 is 11.3 Å². The lowest BCUT2D eigenvalue weighted by molar-refractivity contribution is 0.0935. The third-order valence-electron chi connectivity index (χ3n) is 4.36. The molecule has 2 saturated heterocycles. The molecule has 2 aromatic heterocycles. The molecule has 2 aliphatic heterocycles. The van der Waals surface area contributed by atoms with Crippen LogP contribution in [-0.2, 0) is 0 Å². The van der Waals surface area contributed by atoms with Gasteiger partial charge in [-0.2, -0.15) is 0 Å². The molecule has 2 aromatic rings. The number of nitrogens with zero attached hydrogens (tertiary/aromatic N) is 1. The Balaban J connectivity index is 1.47. The van der Waals surface area contributed by atoms with Crippen molar-refractivity contribution in [2.45, 2.75) is 37.4 Å². The number of carbonyl (C=O) groups excluding carboxylic acids is 1. The lowest BCUT2D eigenvalue weighted by Gasteiger charge is -2.20. The third kappa shape index (κ3) is 2.47. The summed E-state index contributed by atoms with van der Waals surface area (Å²) in [5.41, 5.74) is 0.920. The summed E-state index contributed by atoms with van der Waals surface area (Å²) in [6.07, 6.45) is 5.27. The van der Waals surface area contributed by atoms with Gasteiger partial charge >= 0.3 is 0 Å². The fourth-order valence-electron chi connectivity index (χ4n) is 3.33. The highest BCUT2D eigenvalue weighted by Crippen LogP contribution is 2.30. The molecule has 1 amide bonds. The van der Waals surface area contributed by atoms with Gasteiger partial charge in [0, 0.05) is 24.3 Å². The standard InChI is InChI=1S/C16H17N3OS/c20-16(19-13-9-10-4-5-11(13)18-10)15-7-6-14(21-15)12-3-1-2-8-17-12/h1-3,6-8,10-11,13,18H,4-5,9H2,(H,19,20). The molecular formula is C16H17N3OS. The molecule has 3 unspecified atom stereocenters. The maximum absolute atomic E-state index is 12.4. The fourth-order valence-corrected chi connectivity index (χ4v) is 4.22. The van der Waals surface area contributed by atoms with Crippen molar-refractivity contribution in [3.05, 3.63) is 41.4 Å². The summed E-state index contributed by atoms with van der Waals surface area (Å²) in [5, 5.41) is 6.72. The van der Waals surface area contributed by atoms with E-state index in [0.717, 1.165) is 21.9 Å². The van der Waals surface area contributed by atoms with Gasteiger partial charge < -0.3 is 10.6 Å². The molecule has 2 N–H and O–H groups in total. The van der Waals surface area contributed by atoms with E-state index in [1.165, 1.54) is 24.2 Å². The second-order valence-electron chi connectivity index (χ2n) is 5.74. The monoisotopic (exact) mass is 299 g/mol. The molecule has 0 aromatic carbocycles. The highest BCUT2D eigenvalue weighted by Gasteiger charge is 2.39. The van der Waals surface area contributed by atoms with E-state index in [1.54, 1.807) is 6.20 Å². The van der Waals surface area contributed by atoms with Gasteiger partial charge in [0.2, 0.25) is 0 Å². The minimum Gasteiger partial charge on any atom is -0.347 e. The number of fused-ring (bicyclic) bond motifs is 2. The van der Waals surface area contributed by atoms with E-state index in [4.69, 9.17) is 0 Å². The van der Waals surface area contributed by atoms with Gasteiger partial charge in [-0.15, -0.1) is 11.3 Å². The first-order valence-electron chi connectivity index (χ1n) is 7.38. The molecule has 0 spiro atoms. The van der Waals surface area contributed by atoms with E-state index in [0.29, 0.717) is 12.1 Å². The summed E-state index contributed by atoms with van der Waals surface area (Å²) in [7, 11) is 0. The predicted molar refractivity (Wildman–Crippen MR) is 83.4 cm³/mol. The number of nitrogens with one attached hydrogen (secondary N) is 2. The van der Waals surface area contributed by atoms with Gasteiger partial charge in [0.25, 0.3) is 5.91 Å². The second kappa shape index (κ2) is 5.24. The third-order valence-corrected chi connectivity index (χ3v) is 5.47. The number of rotatable bonds is 3. The highest BCUT2D eigenvalue weighted by atomic mass is 32.1. The molecule has 4 nitrogen and oxygen atoms in total. The van der Waals surface area contributed by atoms with E-state index in [-0.39, 0.29) is 11.9 Å². The zero-order valence-corrected chi connectivity index (χ0v) is 12.4.